The summed E-state index contributed by atoms with van der Waals surface area (Å²) in [7, 11) is 0. The second-order valence-corrected chi connectivity index (χ2v) is 7.44. The average molecular weight is 343 g/mol. The third-order valence-electron chi connectivity index (χ3n) is 4.13. The Hall–Kier alpha value is -1.14. The Morgan fingerprint density at radius 1 is 1.21 bits per heavy atom. The van der Waals surface area contributed by atoms with E-state index in [9.17, 15) is 14.7 Å². The number of carbonyl (C=O) groups excluding carboxylic acids is 1. The quantitative estimate of drug-likeness (QED) is 0.672. The summed E-state index contributed by atoms with van der Waals surface area (Å²) in [6, 6.07) is -0.955. The van der Waals surface area contributed by atoms with Gasteiger partial charge in [0.2, 0.25) is 5.91 Å². The zero-order valence-corrected chi connectivity index (χ0v) is 15.5. The number of carboxylic acid groups (broad SMARTS) is 1. The van der Waals surface area contributed by atoms with Gasteiger partial charge in [-0.2, -0.15) is 0 Å². The molecule has 1 aliphatic carbocycles. The van der Waals surface area contributed by atoms with Gasteiger partial charge in [-0.15, -0.1) is 0 Å². The van der Waals surface area contributed by atoms with Crippen molar-refractivity contribution in [3.63, 3.8) is 0 Å². The van der Waals surface area contributed by atoms with Crippen molar-refractivity contribution in [3.05, 3.63) is 0 Å². The normalized spacial score (nSPS) is 18.8. The first kappa shape index (κ1) is 20.9. The van der Waals surface area contributed by atoms with Crippen LogP contribution >= 0.6 is 0 Å². The predicted octanol–water partition coefficient (Wildman–Crippen LogP) is 2.89. The van der Waals surface area contributed by atoms with E-state index in [4.69, 9.17) is 9.47 Å². The fraction of sp³-hybridized carbons (Fsp3) is 0.889. The number of hydrogen-bond donors (Lipinski definition) is 2. The zero-order valence-electron chi connectivity index (χ0n) is 15.5. The number of aliphatic carboxylic acids is 1. The van der Waals surface area contributed by atoms with Crippen LogP contribution in [0.25, 0.3) is 0 Å². The minimum atomic E-state index is -1.05. The molecule has 0 aliphatic heterocycles. The monoisotopic (exact) mass is 343 g/mol. The van der Waals surface area contributed by atoms with E-state index in [1.807, 2.05) is 27.7 Å². The predicted molar refractivity (Wildman–Crippen MR) is 91.9 cm³/mol. The molecule has 0 bridgehead atoms. The molecule has 1 amide bonds. The van der Waals surface area contributed by atoms with E-state index in [-0.39, 0.29) is 30.6 Å². The van der Waals surface area contributed by atoms with Gasteiger partial charge in [-0.1, -0.05) is 26.2 Å². The highest BCUT2D eigenvalue weighted by Gasteiger charge is 2.27. The topological polar surface area (TPSA) is 84.9 Å². The number of hydrogen-bond acceptors (Lipinski definition) is 4. The van der Waals surface area contributed by atoms with Gasteiger partial charge in [-0.05, 0) is 40.0 Å². The fourth-order valence-corrected chi connectivity index (χ4v) is 2.78. The molecule has 0 spiro atoms. The van der Waals surface area contributed by atoms with Gasteiger partial charge in [-0.3, -0.25) is 4.79 Å². The molecule has 2 N–H and O–H groups in total. The van der Waals surface area contributed by atoms with Gasteiger partial charge in [0, 0.05) is 13.0 Å². The number of amides is 1. The van der Waals surface area contributed by atoms with Crippen LogP contribution in [-0.2, 0) is 19.1 Å². The summed E-state index contributed by atoms with van der Waals surface area (Å²) in [5, 5.41) is 11.9. The third kappa shape index (κ3) is 8.11. The van der Waals surface area contributed by atoms with E-state index >= 15 is 0 Å². The van der Waals surface area contributed by atoms with Gasteiger partial charge in [-0.25, -0.2) is 4.79 Å². The molecular weight excluding hydrogens is 310 g/mol. The van der Waals surface area contributed by atoms with E-state index in [0.29, 0.717) is 6.42 Å². The van der Waals surface area contributed by atoms with Gasteiger partial charge in [0.1, 0.15) is 12.1 Å². The highest BCUT2D eigenvalue weighted by Crippen LogP contribution is 2.22. The summed E-state index contributed by atoms with van der Waals surface area (Å²) >= 11 is 0. The van der Waals surface area contributed by atoms with E-state index in [1.165, 1.54) is 6.42 Å². The molecule has 6 nitrogen and oxygen atoms in total. The maximum absolute atomic E-state index is 12.4. The van der Waals surface area contributed by atoms with Crippen molar-refractivity contribution in [2.24, 2.45) is 0 Å². The molecule has 1 aliphatic rings. The maximum atomic E-state index is 12.4. The van der Waals surface area contributed by atoms with Gasteiger partial charge in [0.25, 0.3) is 0 Å². The first-order chi connectivity index (χ1) is 11.2. The van der Waals surface area contributed by atoms with E-state index < -0.39 is 18.1 Å². The van der Waals surface area contributed by atoms with Crippen molar-refractivity contribution in [1.29, 1.82) is 0 Å². The van der Waals surface area contributed by atoms with Crippen LogP contribution in [0.4, 0.5) is 0 Å². The molecule has 2 atom stereocenters. The minimum Gasteiger partial charge on any atom is -0.480 e. The second kappa shape index (κ2) is 9.99. The number of carbonyl (C=O) groups is 2. The molecule has 0 radical (unpaired) electrons. The minimum absolute atomic E-state index is 0.113. The van der Waals surface area contributed by atoms with Crippen LogP contribution < -0.4 is 5.32 Å². The Morgan fingerprint density at radius 3 is 2.33 bits per heavy atom. The van der Waals surface area contributed by atoms with Crippen LogP contribution in [-0.4, -0.2) is 47.4 Å². The zero-order chi connectivity index (χ0) is 18.2. The number of carboxylic acids is 1. The molecule has 1 saturated carbocycles. The summed E-state index contributed by atoms with van der Waals surface area (Å²) < 4.78 is 11.5. The lowest BCUT2D eigenvalue weighted by Gasteiger charge is -2.27. The fourth-order valence-electron chi connectivity index (χ4n) is 2.78. The Bertz CT molecular complexity index is 399. The molecule has 140 valence electrons. The van der Waals surface area contributed by atoms with E-state index in [0.717, 1.165) is 25.7 Å². The molecular formula is C18H33NO5. The lowest BCUT2D eigenvalue weighted by molar-refractivity contribution is -0.147. The van der Waals surface area contributed by atoms with Crippen LogP contribution in [0.5, 0.6) is 0 Å². The van der Waals surface area contributed by atoms with Crippen LogP contribution in [0.2, 0.25) is 0 Å². The number of nitrogens with one attached hydrogen (secondary N) is 1. The van der Waals surface area contributed by atoms with E-state index in [2.05, 4.69) is 5.32 Å². The lowest BCUT2D eigenvalue weighted by Crippen LogP contribution is -2.47. The summed E-state index contributed by atoms with van der Waals surface area (Å²) in [6.07, 6.45) is 5.73. The first-order valence-electron chi connectivity index (χ1n) is 9.05. The molecule has 0 aromatic heterocycles. The van der Waals surface area contributed by atoms with Gasteiger partial charge in [0.15, 0.2) is 0 Å². The molecule has 0 aromatic carbocycles. The molecule has 0 heterocycles. The molecule has 0 aromatic rings. The summed E-state index contributed by atoms with van der Waals surface area (Å²) in [5.74, 6) is -1.39. The number of ether oxygens (including phenoxy) is 2. The Kier molecular flexibility index (Phi) is 8.70. The maximum Gasteiger partial charge on any atom is 0.326 e. The van der Waals surface area contributed by atoms with Crippen molar-refractivity contribution in [2.45, 2.75) is 96.5 Å². The smallest absolute Gasteiger partial charge is 0.326 e. The largest absolute Gasteiger partial charge is 0.480 e. The molecule has 2 unspecified atom stereocenters. The Labute approximate surface area is 145 Å². The van der Waals surface area contributed by atoms with Crippen LogP contribution in [0, 0.1) is 0 Å². The van der Waals surface area contributed by atoms with Gasteiger partial charge in [0.05, 0.1) is 11.7 Å². The average Bonchev–Trinajstić information content (AvgIpc) is 2.51. The molecule has 0 saturated heterocycles. The standard InChI is InChI=1S/C18H33NO5/c1-5-15(24-13-9-7-6-8-10-13)16(20)19-14(17(21)22)11-12-23-18(2,3)4/h13-15H,5-12H2,1-4H3,(H,19,20)(H,21,22). The highest BCUT2D eigenvalue weighted by atomic mass is 16.5. The van der Waals surface area contributed by atoms with Crippen LogP contribution in [0.3, 0.4) is 0 Å². The van der Waals surface area contributed by atoms with Crippen LogP contribution in [0.15, 0.2) is 0 Å². The SMILES string of the molecule is CCC(OC1CCCCC1)C(=O)NC(CCOC(C)(C)C)C(=O)O. The summed E-state index contributed by atoms with van der Waals surface area (Å²) in [6.45, 7) is 7.89. The third-order valence-corrected chi connectivity index (χ3v) is 4.13. The van der Waals surface area contributed by atoms with Crippen molar-refractivity contribution in [2.75, 3.05) is 6.61 Å². The molecule has 1 fully saturated rings. The Balaban J connectivity index is 2.50. The van der Waals surface area contributed by atoms with Gasteiger partial charge >= 0.3 is 5.97 Å². The molecule has 1 rings (SSSR count). The Morgan fingerprint density at radius 2 is 1.83 bits per heavy atom. The number of rotatable bonds is 9. The van der Waals surface area contributed by atoms with Crippen molar-refractivity contribution in [3.8, 4) is 0 Å². The van der Waals surface area contributed by atoms with Crippen molar-refractivity contribution in [1.82, 2.24) is 5.32 Å². The van der Waals surface area contributed by atoms with E-state index in [1.54, 1.807) is 0 Å². The molecule has 24 heavy (non-hydrogen) atoms. The van der Waals surface area contributed by atoms with Crippen molar-refractivity contribution >= 4 is 11.9 Å². The highest BCUT2D eigenvalue weighted by molar-refractivity contribution is 5.86. The lowest BCUT2D eigenvalue weighted by atomic mass is 9.97. The molecule has 6 heteroatoms. The van der Waals surface area contributed by atoms with Gasteiger partial charge < -0.3 is 19.9 Å². The first-order valence-corrected chi connectivity index (χ1v) is 9.05. The van der Waals surface area contributed by atoms with Crippen molar-refractivity contribution < 1.29 is 24.2 Å². The second-order valence-electron chi connectivity index (χ2n) is 7.44. The summed E-state index contributed by atoms with van der Waals surface area (Å²) in [4.78, 5) is 23.8. The summed E-state index contributed by atoms with van der Waals surface area (Å²) in [5.41, 5.74) is -0.330. The van der Waals surface area contributed by atoms with Crippen LogP contribution in [0.1, 0.15) is 72.6 Å².